The maximum absolute atomic E-state index is 3.79. The van der Waals surface area contributed by atoms with Crippen LogP contribution in [0, 0.1) is 6.92 Å². The van der Waals surface area contributed by atoms with Crippen LogP contribution in [0.25, 0.3) is 16.9 Å². The third-order valence-electron chi connectivity index (χ3n) is 4.16. The quantitative estimate of drug-likeness (QED) is 0.371. The Morgan fingerprint density at radius 1 is 0.808 bits per heavy atom. The van der Waals surface area contributed by atoms with E-state index in [1.807, 2.05) is 24.3 Å². The monoisotopic (exact) mass is 421 g/mol. The number of nitrogens with zero attached hydrogens (tertiary/aromatic N) is 1. The van der Waals surface area contributed by atoms with E-state index < -0.39 is 0 Å². The Kier molecular flexibility index (Phi) is 4.87. The zero-order valence-electron chi connectivity index (χ0n) is 14.3. The van der Waals surface area contributed by atoms with Crippen molar-refractivity contribution in [1.82, 2.24) is 0 Å². The molecule has 1 heterocycles. The van der Waals surface area contributed by atoms with E-state index in [1.165, 1.54) is 11.1 Å². The summed E-state index contributed by atoms with van der Waals surface area (Å²) in [5.74, 6) is 0. The van der Waals surface area contributed by atoms with E-state index in [2.05, 4.69) is 93.4 Å². The van der Waals surface area contributed by atoms with E-state index in [1.54, 1.807) is 11.3 Å². The maximum atomic E-state index is 3.79. The lowest BCUT2D eigenvalue weighted by Crippen LogP contribution is -2.33. The fraction of sp³-hybridized carbons (Fsp3) is 0.0455. The Hall–Kier alpha value is -2.43. The number of nitrogens with one attached hydrogen (secondary N) is 1. The van der Waals surface area contributed by atoms with Crippen LogP contribution >= 0.6 is 27.3 Å². The summed E-state index contributed by atoms with van der Waals surface area (Å²) in [4.78, 5) is 0. The van der Waals surface area contributed by atoms with Crippen molar-refractivity contribution in [3.8, 4) is 16.9 Å². The maximum Gasteiger partial charge on any atom is 0.345 e. The second-order valence-corrected chi connectivity index (χ2v) is 8.37. The average Bonchev–Trinajstić information content (AvgIpc) is 3.00. The molecule has 0 unspecified atom stereocenters. The smallest absolute Gasteiger partial charge is 0.231 e. The molecule has 1 N–H and O–H groups in total. The summed E-state index contributed by atoms with van der Waals surface area (Å²) in [5.41, 5.74) is 5.79. The van der Waals surface area contributed by atoms with Gasteiger partial charge in [-0.1, -0.05) is 66.2 Å². The predicted octanol–water partition coefficient (Wildman–Crippen LogP) is 6.51. The van der Waals surface area contributed by atoms with Crippen molar-refractivity contribution in [2.45, 2.75) is 6.92 Å². The summed E-state index contributed by atoms with van der Waals surface area (Å²) in [7, 11) is 0. The van der Waals surface area contributed by atoms with Crippen molar-refractivity contribution >= 4 is 38.1 Å². The second kappa shape index (κ2) is 7.44. The summed E-state index contributed by atoms with van der Waals surface area (Å²) in [5, 5.41) is 4.62. The number of aryl methyl sites for hydroxylation is 1. The van der Waals surface area contributed by atoms with Gasteiger partial charge in [0.25, 0.3) is 0 Å². The molecule has 0 aliphatic carbocycles. The lowest BCUT2D eigenvalue weighted by molar-refractivity contribution is -0.564. The van der Waals surface area contributed by atoms with Gasteiger partial charge in [-0.15, -0.1) is 0 Å². The Balaban J connectivity index is 1.90. The highest BCUT2D eigenvalue weighted by Gasteiger charge is 2.25. The molecule has 0 saturated heterocycles. The molecule has 4 rings (SSSR count). The van der Waals surface area contributed by atoms with Crippen LogP contribution in [0.4, 0.5) is 10.8 Å². The van der Waals surface area contributed by atoms with Crippen LogP contribution in [0.3, 0.4) is 0 Å². The molecule has 0 spiro atoms. The summed E-state index contributed by atoms with van der Waals surface area (Å²) in [6.07, 6.45) is 0. The fourth-order valence-corrected chi connectivity index (χ4v) is 4.67. The molecule has 4 heteroatoms. The van der Waals surface area contributed by atoms with Gasteiger partial charge in [0.15, 0.2) is 5.69 Å². The number of halogens is 1. The lowest BCUT2D eigenvalue weighted by atomic mass is 10.1. The number of thiazole rings is 1. The van der Waals surface area contributed by atoms with E-state index in [9.17, 15) is 0 Å². The van der Waals surface area contributed by atoms with Gasteiger partial charge < -0.3 is 0 Å². The SMILES string of the molecule is Cc1ccc(-c2c(Br)sc(Nc3ccccc3)[n+]2-c2ccccc2)cc1. The zero-order valence-corrected chi connectivity index (χ0v) is 16.7. The highest BCUT2D eigenvalue weighted by Crippen LogP contribution is 2.36. The molecule has 0 radical (unpaired) electrons. The van der Waals surface area contributed by atoms with Gasteiger partial charge in [0.2, 0.25) is 0 Å². The van der Waals surface area contributed by atoms with Gasteiger partial charge in [-0.2, -0.15) is 4.57 Å². The van der Waals surface area contributed by atoms with Gasteiger partial charge in [0, 0.05) is 5.56 Å². The topological polar surface area (TPSA) is 15.9 Å². The van der Waals surface area contributed by atoms with Gasteiger partial charge >= 0.3 is 5.13 Å². The molecule has 0 atom stereocenters. The third-order valence-corrected chi connectivity index (χ3v) is 5.88. The predicted molar refractivity (Wildman–Crippen MR) is 113 cm³/mol. The molecule has 26 heavy (non-hydrogen) atoms. The first-order valence-corrected chi connectivity index (χ1v) is 10.0. The van der Waals surface area contributed by atoms with E-state index >= 15 is 0 Å². The van der Waals surface area contributed by atoms with Crippen molar-refractivity contribution < 1.29 is 4.57 Å². The molecule has 0 aliphatic rings. The summed E-state index contributed by atoms with van der Waals surface area (Å²) >= 11 is 5.49. The van der Waals surface area contributed by atoms with Crippen LogP contribution in [-0.4, -0.2) is 0 Å². The number of benzene rings is 3. The number of hydrogen-bond acceptors (Lipinski definition) is 2. The number of aromatic nitrogens is 1. The normalized spacial score (nSPS) is 10.7. The lowest BCUT2D eigenvalue weighted by Gasteiger charge is -2.07. The van der Waals surface area contributed by atoms with Gasteiger partial charge in [-0.25, -0.2) is 5.32 Å². The van der Waals surface area contributed by atoms with Crippen molar-refractivity contribution in [3.63, 3.8) is 0 Å². The summed E-state index contributed by atoms with van der Waals surface area (Å²) in [6, 6.07) is 29.4. The Labute approximate surface area is 165 Å². The fourth-order valence-electron chi connectivity index (χ4n) is 2.87. The van der Waals surface area contributed by atoms with Crippen LogP contribution < -0.4 is 9.88 Å². The highest BCUT2D eigenvalue weighted by atomic mass is 79.9. The van der Waals surface area contributed by atoms with E-state index in [0.717, 1.165) is 26.0 Å². The molecule has 2 nitrogen and oxygen atoms in total. The Bertz CT molecular complexity index is 1010. The number of rotatable bonds is 4. The minimum Gasteiger partial charge on any atom is -0.231 e. The first-order valence-electron chi connectivity index (χ1n) is 8.41. The van der Waals surface area contributed by atoms with Crippen molar-refractivity contribution in [1.29, 1.82) is 0 Å². The van der Waals surface area contributed by atoms with Crippen LogP contribution in [0.1, 0.15) is 5.56 Å². The first-order chi connectivity index (χ1) is 12.7. The summed E-state index contributed by atoms with van der Waals surface area (Å²) < 4.78 is 3.37. The molecule has 4 aromatic rings. The van der Waals surface area contributed by atoms with Crippen molar-refractivity contribution in [2.75, 3.05) is 5.32 Å². The van der Waals surface area contributed by atoms with E-state index in [4.69, 9.17) is 0 Å². The van der Waals surface area contributed by atoms with Crippen LogP contribution in [-0.2, 0) is 0 Å². The molecule has 1 aromatic heterocycles. The van der Waals surface area contributed by atoms with Gasteiger partial charge in [0.05, 0.1) is 0 Å². The van der Waals surface area contributed by atoms with Gasteiger partial charge in [0.1, 0.15) is 15.2 Å². The Morgan fingerprint density at radius 3 is 2.08 bits per heavy atom. The number of hydrogen-bond donors (Lipinski definition) is 1. The minimum absolute atomic E-state index is 1.06. The van der Waals surface area contributed by atoms with Crippen LogP contribution in [0.2, 0.25) is 0 Å². The minimum atomic E-state index is 1.06. The molecule has 0 bridgehead atoms. The van der Waals surface area contributed by atoms with Crippen molar-refractivity contribution in [2.24, 2.45) is 0 Å². The highest BCUT2D eigenvalue weighted by molar-refractivity contribution is 9.11. The molecule has 3 aromatic carbocycles. The largest absolute Gasteiger partial charge is 0.345 e. The summed E-state index contributed by atoms with van der Waals surface area (Å²) in [6.45, 7) is 2.11. The molecule has 0 aliphatic heterocycles. The van der Waals surface area contributed by atoms with E-state index in [0.29, 0.717) is 0 Å². The molecular weight excluding hydrogens is 404 g/mol. The van der Waals surface area contributed by atoms with Crippen LogP contribution in [0.15, 0.2) is 88.7 Å². The van der Waals surface area contributed by atoms with Gasteiger partial charge in [-0.05, 0) is 58.5 Å². The zero-order chi connectivity index (χ0) is 17.9. The molecule has 0 saturated carbocycles. The van der Waals surface area contributed by atoms with Gasteiger partial charge in [-0.3, -0.25) is 0 Å². The third kappa shape index (κ3) is 3.43. The first kappa shape index (κ1) is 17.0. The van der Waals surface area contributed by atoms with Crippen molar-refractivity contribution in [3.05, 3.63) is 94.3 Å². The second-order valence-electron chi connectivity index (χ2n) is 6.06. The van der Waals surface area contributed by atoms with E-state index in [-0.39, 0.29) is 0 Å². The molecule has 0 fully saturated rings. The Morgan fingerprint density at radius 2 is 1.42 bits per heavy atom. The average molecular weight is 422 g/mol. The van der Waals surface area contributed by atoms with Crippen LogP contribution in [0.5, 0.6) is 0 Å². The molecular formula is C22H18BrN2S+. The number of anilines is 2. The molecule has 128 valence electrons. The number of para-hydroxylation sites is 2. The standard InChI is InChI=1S/C22H17BrN2S/c1-16-12-14-17(15-13-16)20-21(23)26-22(24-18-8-4-2-5-9-18)25(20)19-10-6-3-7-11-19/h2-15H,1H3/p+1. The molecule has 0 amide bonds.